The minimum absolute atomic E-state index is 0.251. The summed E-state index contributed by atoms with van der Waals surface area (Å²) < 4.78 is 36.2. The van der Waals surface area contributed by atoms with Gasteiger partial charge in [-0.05, 0) is 0 Å². The Kier molecular flexibility index (Phi) is 4.01. The van der Waals surface area contributed by atoms with Crippen LogP contribution in [0.5, 0.6) is 0 Å². The largest absolute Gasteiger partial charge is 0.521 e. The van der Waals surface area contributed by atoms with Crippen LogP contribution in [0.25, 0.3) is 0 Å². The van der Waals surface area contributed by atoms with E-state index in [-0.39, 0.29) is 6.54 Å². The number of halogens is 3. The van der Waals surface area contributed by atoms with Crippen LogP contribution in [-0.2, 0) is 11.1 Å². The average molecular weight is 269 g/mol. The van der Waals surface area contributed by atoms with Crippen molar-refractivity contribution in [3.05, 3.63) is 22.0 Å². The summed E-state index contributed by atoms with van der Waals surface area (Å²) in [6.07, 6.45) is -4.19. The average Bonchev–Trinajstić information content (AvgIpc) is 2.72. The highest BCUT2D eigenvalue weighted by Crippen LogP contribution is 2.19. The third-order valence-electron chi connectivity index (χ3n) is 1.54. The second-order valence-electron chi connectivity index (χ2n) is 2.80. The molecule has 0 bridgehead atoms. The van der Waals surface area contributed by atoms with Gasteiger partial charge in [0.15, 0.2) is 5.69 Å². The van der Waals surface area contributed by atoms with E-state index in [1.165, 1.54) is 0 Å². The first-order valence-electron chi connectivity index (χ1n) is 4.36. The van der Waals surface area contributed by atoms with Crippen LogP contribution < -0.4 is 5.32 Å². The Balaban J connectivity index is 2.47. The van der Waals surface area contributed by atoms with Gasteiger partial charge in [-0.3, -0.25) is 4.79 Å². The fourth-order valence-corrected chi connectivity index (χ4v) is 0.865. The molecule has 0 fully saturated rings. The Hall–Kier alpha value is -2.40. The zero-order valence-electron chi connectivity index (χ0n) is 8.55. The summed E-state index contributed by atoms with van der Waals surface area (Å²) in [5.74, 6) is -0.947. The molecule has 0 radical (unpaired) electrons. The van der Waals surface area contributed by atoms with E-state index in [9.17, 15) is 28.1 Å². The maximum Gasteiger partial charge on any atom is 0.521 e. The topological polar surface area (TPSA) is 112 Å². The maximum absolute atomic E-state index is 12.1. The van der Waals surface area contributed by atoms with Gasteiger partial charge in [0.1, 0.15) is 6.61 Å². The van der Waals surface area contributed by atoms with E-state index in [4.69, 9.17) is 0 Å². The van der Waals surface area contributed by atoms with Gasteiger partial charge in [0.25, 0.3) is 11.0 Å². The van der Waals surface area contributed by atoms with Crippen molar-refractivity contribution >= 4 is 5.91 Å². The first kappa shape index (κ1) is 13.7. The highest BCUT2D eigenvalue weighted by molar-refractivity contribution is 5.91. The van der Waals surface area contributed by atoms with Crippen molar-refractivity contribution in [2.75, 3.05) is 13.2 Å². The van der Waals surface area contributed by atoms with Crippen molar-refractivity contribution in [3.63, 3.8) is 0 Å². The zero-order chi connectivity index (χ0) is 13.8. The molecule has 12 heteroatoms. The molecule has 1 heterocycles. The van der Waals surface area contributed by atoms with E-state index < -0.39 is 34.4 Å². The molecule has 1 aromatic heterocycles. The number of nitrogens with one attached hydrogen (secondary N) is 1. The summed E-state index contributed by atoms with van der Waals surface area (Å²) in [6, 6.07) is 0. The van der Waals surface area contributed by atoms with Crippen molar-refractivity contribution in [3.8, 4) is 0 Å². The molecule has 0 saturated carbocycles. The number of hydrogen-bond acceptors (Lipinski definition) is 6. The number of carbonyl (C=O) groups excluding carboxylic acids is 1. The van der Waals surface area contributed by atoms with Crippen LogP contribution in [-0.4, -0.2) is 39.1 Å². The summed E-state index contributed by atoms with van der Waals surface area (Å²) in [4.78, 5) is 24.3. The number of nitrogens with zero attached hydrogens (tertiary/aromatic N) is 4. The lowest BCUT2D eigenvalue weighted by molar-refractivity contribution is -0.757. The lowest BCUT2D eigenvalue weighted by atomic mass is 10.4. The molecule has 1 rings (SSSR count). The molecule has 100 valence electrons. The van der Waals surface area contributed by atoms with E-state index in [1.54, 1.807) is 0 Å². The van der Waals surface area contributed by atoms with Crippen LogP contribution >= 0.6 is 0 Å². The van der Waals surface area contributed by atoms with Gasteiger partial charge < -0.3 is 10.2 Å². The van der Waals surface area contributed by atoms with Gasteiger partial charge in [-0.15, -0.1) is 28.4 Å². The van der Waals surface area contributed by atoms with Crippen molar-refractivity contribution < 1.29 is 27.9 Å². The second-order valence-corrected chi connectivity index (χ2v) is 2.80. The van der Waals surface area contributed by atoms with E-state index in [0.717, 1.165) is 0 Å². The fourth-order valence-electron chi connectivity index (χ4n) is 0.865. The molecule has 0 atom stereocenters. The molecule has 0 aliphatic carbocycles. The summed E-state index contributed by atoms with van der Waals surface area (Å²) in [5, 5.41) is 16.5. The van der Waals surface area contributed by atoms with Gasteiger partial charge in [-0.2, -0.15) is 5.10 Å². The number of alkyl halides is 3. The number of carbonyl (C=O) groups is 1. The Morgan fingerprint density at radius 3 is 2.78 bits per heavy atom. The first-order chi connectivity index (χ1) is 8.30. The molecule has 1 amide bonds. The number of amides is 1. The minimum Gasteiger partial charge on any atom is -0.349 e. The summed E-state index contributed by atoms with van der Waals surface area (Å²) in [5.41, 5.74) is -0.562. The fraction of sp³-hybridized carbons (Fsp3) is 0.500. The van der Waals surface area contributed by atoms with Gasteiger partial charge in [0, 0.05) is 6.54 Å². The van der Waals surface area contributed by atoms with Crippen LogP contribution in [0.3, 0.4) is 0 Å². The molecule has 0 spiro atoms. The maximum atomic E-state index is 12.1. The van der Waals surface area contributed by atoms with Gasteiger partial charge in [-0.1, -0.05) is 4.80 Å². The SMILES string of the molecule is O=C(NCCO[N+](=O)[O-])c1cnn(C(F)(F)F)n1. The minimum atomic E-state index is -4.81. The number of rotatable bonds is 5. The Bertz CT molecular complexity index is 445. The number of hydrogen-bond donors (Lipinski definition) is 1. The van der Waals surface area contributed by atoms with Crippen LogP contribution in [0, 0.1) is 10.1 Å². The monoisotopic (exact) mass is 269 g/mol. The Labute approximate surface area is 96.6 Å². The predicted molar refractivity (Wildman–Crippen MR) is 46.6 cm³/mol. The van der Waals surface area contributed by atoms with Crippen LogP contribution in [0.4, 0.5) is 13.2 Å². The third-order valence-corrected chi connectivity index (χ3v) is 1.54. The lowest BCUT2D eigenvalue weighted by Gasteiger charge is -2.03. The van der Waals surface area contributed by atoms with Crippen molar-refractivity contribution in [1.82, 2.24) is 20.3 Å². The summed E-state index contributed by atoms with van der Waals surface area (Å²) in [7, 11) is 0. The predicted octanol–water partition coefficient (Wildman–Crippen LogP) is -0.308. The highest BCUT2D eigenvalue weighted by Gasteiger charge is 2.34. The molecular weight excluding hydrogens is 263 g/mol. The van der Waals surface area contributed by atoms with Crippen LogP contribution in [0.15, 0.2) is 6.20 Å². The van der Waals surface area contributed by atoms with E-state index in [2.05, 4.69) is 20.4 Å². The van der Waals surface area contributed by atoms with Crippen molar-refractivity contribution in [1.29, 1.82) is 0 Å². The quantitative estimate of drug-likeness (QED) is 0.446. The summed E-state index contributed by atoms with van der Waals surface area (Å²) in [6.45, 7) is -0.676. The molecule has 1 N–H and O–H groups in total. The van der Waals surface area contributed by atoms with Gasteiger partial charge in [0.05, 0.1) is 6.20 Å². The zero-order valence-corrected chi connectivity index (χ0v) is 8.55. The molecule has 0 aromatic carbocycles. The van der Waals surface area contributed by atoms with Gasteiger partial charge >= 0.3 is 6.30 Å². The summed E-state index contributed by atoms with van der Waals surface area (Å²) >= 11 is 0. The molecule has 0 aliphatic heterocycles. The first-order valence-corrected chi connectivity index (χ1v) is 4.36. The normalized spacial score (nSPS) is 11.1. The molecule has 1 aromatic rings. The van der Waals surface area contributed by atoms with Crippen LogP contribution in [0.1, 0.15) is 10.5 Å². The Morgan fingerprint density at radius 2 is 2.28 bits per heavy atom. The molecule has 0 unspecified atom stereocenters. The molecular formula is C6H6F3N5O4. The van der Waals surface area contributed by atoms with Gasteiger partial charge in [0.2, 0.25) is 0 Å². The van der Waals surface area contributed by atoms with E-state index in [0.29, 0.717) is 6.20 Å². The smallest absolute Gasteiger partial charge is 0.349 e. The molecule has 0 saturated heterocycles. The standard InChI is InChI=1S/C6H6F3N5O4/c7-6(8,9)13-11-3-4(12-13)5(15)10-1-2-18-14(16)17/h3H,1-2H2,(H,10,15). The number of aromatic nitrogens is 3. The molecule has 9 nitrogen and oxygen atoms in total. The van der Waals surface area contributed by atoms with E-state index in [1.807, 2.05) is 0 Å². The highest BCUT2D eigenvalue weighted by atomic mass is 19.4. The van der Waals surface area contributed by atoms with Crippen molar-refractivity contribution in [2.45, 2.75) is 6.30 Å². The second kappa shape index (κ2) is 5.29. The van der Waals surface area contributed by atoms with Gasteiger partial charge in [-0.25, -0.2) is 0 Å². The third kappa shape index (κ3) is 3.88. The molecule has 0 aliphatic rings. The van der Waals surface area contributed by atoms with Crippen molar-refractivity contribution in [2.24, 2.45) is 0 Å². The van der Waals surface area contributed by atoms with E-state index >= 15 is 0 Å². The molecule has 18 heavy (non-hydrogen) atoms. The lowest BCUT2D eigenvalue weighted by Crippen LogP contribution is -2.29. The Morgan fingerprint density at radius 1 is 1.61 bits per heavy atom. The van der Waals surface area contributed by atoms with Crippen LogP contribution in [0.2, 0.25) is 0 Å².